The van der Waals surface area contributed by atoms with E-state index in [2.05, 4.69) is 10.2 Å². The molecular weight excluding hydrogens is 364 g/mol. The van der Waals surface area contributed by atoms with E-state index in [1.54, 1.807) is 12.1 Å². The van der Waals surface area contributed by atoms with Crippen LogP contribution in [0.25, 0.3) is 0 Å². The molecule has 2 fully saturated rings. The van der Waals surface area contributed by atoms with Crippen molar-refractivity contribution in [2.24, 2.45) is 11.7 Å². The van der Waals surface area contributed by atoms with Crippen LogP contribution in [0.15, 0.2) is 23.1 Å². The van der Waals surface area contributed by atoms with Crippen LogP contribution in [0.3, 0.4) is 0 Å². The van der Waals surface area contributed by atoms with Crippen molar-refractivity contribution in [3.05, 3.63) is 23.8 Å². The Labute approximate surface area is 161 Å². The molecule has 8 heteroatoms. The summed E-state index contributed by atoms with van der Waals surface area (Å²) in [6.07, 6.45) is 5.16. The summed E-state index contributed by atoms with van der Waals surface area (Å²) < 4.78 is 26.3. The van der Waals surface area contributed by atoms with Crippen LogP contribution in [0, 0.1) is 5.92 Å². The first-order chi connectivity index (χ1) is 12.8. The maximum atomic E-state index is 13.1. The molecule has 1 amide bonds. The van der Waals surface area contributed by atoms with Crippen LogP contribution in [0.1, 0.15) is 42.5 Å². The third-order valence-electron chi connectivity index (χ3n) is 5.72. The number of carbonyl (C=O) groups excluding carboxylic acids is 1. The van der Waals surface area contributed by atoms with Crippen LogP contribution >= 0.6 is 0 Å². The minimum Gasteiger partial charge on any atom is -0.371 e. The Kier molecular flexibility index (Phi) is 6.08. The molecule has 27 heavy (non-hydrogen) atoms. The van der Waals surface area contributed by atoms with Crippen molar-refractivity contribution in [1.29, 1.82) is 0 Å². The summed E-state index contributed by atoms with van der Waals surface area (Å²) in [6, 6.07) is 4.94. The van der Waals surface area contributed by atoms with E-state index in [4.69, 9.17) is 5.73 Å². The molecule has 0 spiro atoms. The smallest absolute Gasteiger partial charge is 0.253 e. The fourth-order valence-corrected chi connectivity index (χ4v) is 4.99. The number of rotatable bonds is 6. The average molecular weight is 395 g/mol. The van der Waals surface area contributed by atoms with Gasteiger partial charge in [-0.05, 0) is 56.3 Å². The van der Waals surface area contributed by atoms with Gasteiger partial charge in [0.1, 0.15) is 0 Å². The van der Waals surface area contributed by atoms with E-state index >= 15 is 0 Å². The standard InChI is InChI=1S/C19H30N4O3S/c1-22(2)27(25,26)15-8-9-18(23-10-3-4-11-23)16(12-15)19(24)21-17-7-5-6-14(17)13-20/h8-9,12,14,17H,3-7,10-11,13,20H2,1-2H3,(H,21,24). The summed E-state index contributed by atoms with van der Waals surface area (Å²) in [4.78, 5) is 15.4. The molecule has 2 unspecified atom stereocenters. The zero-order valence-corrected chi connectivity index (χ0v) is 17.0. The predicted octanol–water partition coefficient (Wildman–Crippen LogP) is 1.39. The normalized spacial score (nSPS) is 23.2. The van der Waals surface area contributed by atoms with E-state index in [0.717, 1.165) is 50.9 Å². The van der Waals surface area contributed by atoms with E-state index in [-0.39, 0.29) is 22.8 Å². The Balaban J connectivity index is 1.95. The number of nitrogens with one attached hydrogen (secondary N) is 1. The number of hydrogen-bond donors (Lipinski definition) is 2. The lowest BCUT2D eigenvalue weighted by Gasteiger charge is -2.24. The lowest BCUT2D eigenvalue weighted by atomic mass is 10.0. The number of sulfonamides is 1. The molecular formula is C19H30N4O3S. The van der Waals surface area contributed by atoms with E-state index in [1.807, 2.05) is 0 Å². The van der Waals surface area contributed by atoms with Gasteiger partial charge >= 0.3 is 0 Å². The maximum Gasteiger partial charge on any atom is 0.253 e. The third-order valence-corrected chi connectivity index (χ3v) is 7.53. The van der Waals surface area contributed by atoms with Crippen molar-refractivity contribution in [2.75, 3.05) is 38.6 Å². The highest BCUT2D eigenvalue weighted by molar-refractivity contribution is 7.89. The van der Waals surface area contributed by atoms with Crippen LogP contribution in [-0.4, -0.2) is 58.4 Å². The molecule has 1 saturated carbocycles. The first-order valence-corrected chi connectivity index (χ1v) is 11.1. The number of carbonyl (C=O) groups is 1. The number of hydrogen-bond acceptors (Lipinski definition) is 5. The highest BCUT2D eigenvalue weighted by atomic mass is 32.2. The Morgan fingerprint density at radius 3 is 2.56 bits per heavy atom. The van der Waals surface area contributed by atoms with Crippen LogP contribution in [0.5, 0.6) is 0 Å². The highest BCUT2D eigenvalue weighted by Crippen LogP contribution is 2.30. The van der Waals surface area contributed by atoms with Crippen LogP contribution in [0.2, 0.25) is 0 Å². The monoisotopic (exact) mass is 394 g/mol. The molecule has 150 valence electrons. The molecule has 0 bridgehead atoms. The molecule has 3 N–H and O–H groups in total. The van der Waals surface area contributed by atoms with Crippen LogP contribution in [0.4, 0.5) is 5.69 Å². The molecule has 0 aromatic heterocycles. The van der Waals surface area contributed by atoms with Gasteiger partial charge in [-0.2, -0.15) is 0 Å². The second-order valence-electron chi connectivity index (χ2n) is 7.67. The first-order valence-electron chi connectivity index (χ1n) is 9.67. The molecule has 1 saturated heterocycles. The van der Waals surface area contributed by atoms with Gasteiger partial charge in [0.15, 0.2) is 0 Å². The maximum absolute atomic E-state index is 13.1. The van der Waals surface area contributed by atoms with Gasteiger partial charge in [0, 0.05) is 38.9 Å². The number of anilines is 1. The van der Waals surface area contributed by atoms with Gasteiger partial charge in [-0.15, -0.1) is 0 Å². The van der Waals surface area contributed by atoms with Gasteiger partial charge in [0.2, 0.25) is 10.0 Å². The molecule has 7 nitrogen and oxygen atoms in total. The van der Waals surface area contributed by atoms with Crippen molar-refractivity contribution in [2.45, 2.75) is 43.0 Å². The summed E-state index contributed by atoms with van der Waals surface area (Å²) in [5.74, 6) is 0.0796. The Bertz CT molecular complexity index is 788. The van der Waals surface area contributed by atoms with Crippen LogP contribution in [-0.2, 0) is 10.0 Å². The zero-order chi connectivity index (χ0) is 19.6. The summed E-state index contributed by atoms with van der Waals surface area (Å²) in [6.45, 7) is 2.32. The lowest BCUT2D eigenvalue weighted by molar-refractivity contribution is 0.0929. The topological polar surface area (TPSA) is 95.7 Å². The predicted molar refractivity (Wildman–Crippen MR) is 106 cm³/mol. The van der Waals surface area contributed by atoms with Crippen LogP contribution < -0.4 is 16.0 Å². The molecule has 0 radical (unpaired) electrons. The SMILES string of the molecule is CN(C)S(=O)(=O)c1ccc(N2CCCC2)c(C(=O)NC2CCCC2CN)c1. The summed E-state index contributed by atoms with van der Waals surface area (Å²) in [7, 11) is -0.613. The number of nitrogens with zero attached hydrogens (tertiary/aromatic N) is 2. The van der Waals surface area contributed by atoms with Crippen molar-refractivity contribution in [3.8, 4) is 0 Å². The second-order valence-corrected chi connectivity index (χ2v) is 9.82. The van der Waals surface area contributed by atoms with Crippen molar-refractivity contribution >= 4 is 21.6 Å². The molecule has 1 aromatic carbocycles. The lowest BCUT2D eigenvalue weighted by Crippen LogP contribution is -2.40. The van der Waals surface area contributed by atoms with Gasteiger partial charge in [0.25, 0.3) is 5.91 Å². The third kappa shape index (κ3) is 4.12. The second kappa shape index (κ2) is 8.16. The quantitative estimate of drug-likeness (QED) is 0.760. The van der Waals surface area contributed by atoms with Crippen molar-refractivity contribution in [3.63, 3.8) is 0 Å². The Hall–Kier alpha value is -1.64. The molecule has 1 aliphatic carbocycles. The Morgan fingerprint density at radius 1 is 1.22 bits per heavy atom. The van der Waals surface area contributed by atoms with Gasteiger partial charge < -0.3 is 16.0 Å². The summed E-state index contributed by atoms with van der Waals surface area (Å²) in [5, 5.41) is 3.11. The van der Waals surface area contributed by atoms with Gasteiger partial charge in [-0.1, -0.05) is 6.42 Å². The minimum absolute atomic E-state index is 0.0584. The number of benzene rings is 1. The van der Waals surface area contributed by atoms with E-state index in [9.17, 15) is 13.2 Å². The molecule has 1 aromatic rings. The fraction of sp³-hybridized carbons (Fsp3) is 0.632. The van der Waals surface area contributed by atoms with E-state index in [1.165, 1.54) is 24.5 Å². The molecule has 2 atom stereocenters. The number of amides is 1. The highest BCUT2D eigenvalue weighted by Gasteiger charge is 2.30. The van der Waals surface area contributed by atoms with Gasteiger partial charge in [-0.3, -0.25) is 4.79 Å². The minimum atomic E-state index is -3.60. The Morgan fingerprint density at radius 2 is 1.93 bits per heavy atom. The largest absolute Gasteiger partial charge is 0.371 e. The van der Waals surface area contributed by atoms with E-state index < -0.39 is 10.0 Å². The molecule has 1 aliphatic heterocycles. The average Bonchev–Trinajstić information content (AvgIpc) is 3.32. The van der Waals surface area contributed by atoms with Crippen molar-refractivity contribution < 1.29 is 13.2 Å². The molecule has 3 rings (SSSR count). The molecule has 1 heterocycles. The zero-order valence-electron chi connectivity index (χ0n) is 16.1. The van der Waals surface area contributed by atoms with Gasteiger partial charge in [-0.25, -0.2) is 12.7 Å². The molecule has 2 aliphatic rings. The van der Waals surface area contributed by atoms with Gasteiger partial charge in [0.05, 0.1) is 10.5 Å². The summed E-state index contributed by atoms with van der Waals surface area (Å²) >= 11 is 0. The van der Waals surface area contributed by atoms with Crippen molar-refractivity contribution in [1.82, 2.24) is 9.62 Å². The summed E-state index contributed by atoms with van der Waals surface area (Å²) in [5.41, 5.74) is 7.08. The number of nitrogens with two attached hydrogens (primary N) is 1. The van der Waals surface area contributed by atoms with E-state index in [0.29, 0.717) is 12.1 Å². The fourth-order valence-electron chi connectivity index (χ4n) is 4.06. The first kappa shape index (κ1) is 20.1.